The Kier molecular flexibility index (Phi) is 2.23. The molecule has 0 aliphatic rings. The zero-order valence-corrected chi connectivity index (χ0v) is 9.02. The van der Waals surface area contributed by atoms with Gasteiger partial charge in [-0.15, -0.1) is 0 Å². The fourth-order valence-electron chi connectivity index (χ4n) is 1.31. The maximum Gasteiger partial charge on any atom is 0.323 e. The Morgan fingerprint density at radius 3 is 2.62 bits per heavy atom. The highest BCUT2D eigenvalue weighted by molar-refractivity contribution is 7.20. The molecule has 5 heteroatoms. The van der Waals surface area contributed by atoms with Gasteiger partial charge in [0, 0.05) is 12.4 Å². The number of rotatable bonds is 2. The first kappa shape index (κ1) is 9.23. The average molecular weight is 229 g/mol. The third-order valence-electron chi connectivity index (χ3n) is 1.99. The Labute approximate surface area is 95.6 Å². The molecule has 3 aromatic rings. The molecule has 0 N–H and O–H groups in total. The van der Waals surface area contributed by atoms with E-state index in [1.807, 2.05) is 24.3 Å². The van der Waals surface area contributed by atoms with Gasteiger partial charge in [-0.1, -0.05) is 23.5 Å². The molecule has 0 aliphatic carbocycles. The largest absolute Gasteiger partial charge is 0.395 e. The number of para-hydroxylation sites is 1. The molecule has 1 aromatic carbocycles. The van der Waals surface area contributed by atoms with Gasteiger partial charge in [0.15, 0.2) is 0 Å². The van der Waals surface area contributed by atoms with Gasteiger partial charge in [-0.25, -0.2) is 15.0 Å². The van der Waals surface area contributed by atoms with E-state index in [-0.39, 0.29) is 0 Å². The molecule has 2 heterocycles. The van der Waals surface area contributed by atoms with Crippen LogP contribution in [0.15, 0.2) is 42.7 Å². The highest BCUT2D eigenvalue weighted by Crippen LogP contribution is 2.29. The summed E-state index contributed by atoms with van der Waals surface area (Å²) in [6.45, 7) is 0. The summed E-state index contributed by atoms with van der Waals surface area (Å²) in [5, 5.41) is 0.562. The Bertz CT molecular complexity index is 576. The van der Waals surface area contributed by atoms with Crippen molar-refractivity contribution in [1.82, 2.24) is 15.0 Å². The van der Waals surface area contributed by atoms with Gasteiger partial charge in [0.25, 0.3) is 5.19 Å². The summed E-state index contributed by atoms with van der Waals surface area (Å²) in [5.41, 5.74) is 0.929. The standard InChI is InChI=1S/C11H7N3OS/c1-2-5-9-8(4-1)14-11(16-9)15-10-12-6-3-7-13-10/h1-7H. The second-order valence-corrected chi connectivity index (χ2v) is 4.07. The van der Waals surface area contributed by atoms with Crippen LogP contribution >= 0.6 is 11.3 Å². The molecule has 78 valence electrons. The average Bonchev–Trinajstić information content (AvgIpc) is 2.72. The zero-order chi connectivity index (χ0) is 10.8. The molecule has 2 aromatic heterocycles. The lowest BCUT2D eigenvalue weighted by molar-refractivity contribution is 0.440. The smallest absolute Gasteiger partial charge is 0.323 e. The number of benzene rings is 1. The van der Waals surface area contributed by atoms with Crippen LogP contribution in [-0.2, 0) is 0 Å². The van der Waals surface area contributed by atoms with E-state index in [4.69, 9.17) is 4.74 Å². The van der Waals surface area contributed by atoms with Crippen LogP contribution < -0.4 is 4.74 Å². The Morgan fingerprint density at radius 1 is 1.00 bits per heavy atom. The van der Waals surface area contributed by atoms with E-state index in [0.717, 1.165) is 10.2 Å². The maximum absolute atomic E-state index is 5.45. The van der Waals surface area contributed by atoms with E-state index < -0.39 is 0 Å². The molecule has 0 saturated heterocycles. The summed E-state index contributed by atoms with van der Waals surface area (Å²) >= 11 is 1.48. The minimum Gasteiger partial charge on any atom is -0.395 e. The van der Waals surface area contributed by atoms with Crippen molar-refractivity contribution in [3.05, 3.63) is 42.7 Å². The molecular formula is C11H7N3OS. The summed E-state index contributed by atoms with van der Waals surface area (Å²) in [6, 6.07) is 9.94. The van der Waals surface area contributed by atoms with Gasteiger partial charge in [-0.05, 0) is 18.2 Å². The third kappa shape index (κ3) is 1.72. The number of fused-ring (bicyclic) bond motifs is 1. The second-order valence-electron chi connectivity index (χ2n) is 3.08. The summed E-state index contributed by atoms with van der Waals surface area (Å²) in [5.74, 6) is 0. The van der Waals surface area contributed by atoms with E-state index in [2.05, 4.69) is 15.0 Å². The van der Waals surface area contributed by atoms with E-state index in [9.17, 15) is 0 Å². The molecule has 0 radical (unpaired) electrons. The number of hydrogen-bond donors (Lipinski definition) is 0. The second kappa shape index (κ2) is 3.86. The van der Waals surface area contributed by atoms with Crippen molar-refractivity contribution in [3.63, 3.8) is 0 Å². The lowest BCUT2D eigenvalue weighted by Gasteiger charge is -1.95. The van der Waals surface area contributed by atoms with E-state index >= 15 is 0 Å². The minimum atomic E-state index is 0.321. The van der Waals surface area contributed by atoms with Crippen LogP contribution in [0, 0.1) is 0 Å². The van der Waals surface area contributed by atoms with Gasteiger partial charge >= 0.3 is 6.01 Å². The van der Waals surface area contributed by atoms with Crippen LogP contribution in [0.2, 0.25) is 0 Å². The predicted octanol–water partition coefficient (Wildman–Crippen LogP) is 2.88. The Morgan fingerprint density at radius 2 is 1.81 bits per heavy atom. The molecular weight excluding hydrogens is 222 g/mol. The van der Waals surface area contributed by atoms with Gasteiger partial charge in [-0.3, -0.25) is 0 Å². The van der Waals surface area contributed by atoms with Crippen molar-refractivity contribution < 1.29 is 4.74 Å². The quantitative estimate of drug-likeness (QED) is 0.678. The zero-order valence-electron chi connectivity index (χ0n) is 8.20. The first-order chi connectivity index (χ1) is 7.92. The highest BCUT2D eigenvalue weighted by atomic mass is 32.1. The van der Waals surface area contributed by atoms with E-state index in [1.54, 1.807) is 18.5 Å². The molecule has 0 spiro atoms. The van der Waals surface area contributed by atoms with Crippen molar-refractivity contribution in [1.29, 1.82) is 0 Å². The molecule has 0 unspecified atom stereocenters. The number of nitrogens with zero attached hydrogens (tertiary/aromatic N) is 3. The van der Waals surface area contributed by atoms with Crippen molar-refractivity contribution in [2.75, 3.05) is 0 Å². The lowest BCUT2D eigenvalue weighted by Crippen LogP contribution is -1.88. The fraction of sp³-hybridized carbons (Fsp3) is 0. The van der Waals surface area contributed by atoms with Crippen molar-refractivity contribution in [2.24, 2.45) is 0 Å². The van der Waals surface area contributed by atoms with Crippen LogP contribution in [-0.4, -0.2) is 15.0 Å². The summed E-state index contributed by atoms with van der Waals surface area (Å²) in [4.78, 5) is 12.3. The van der Waals surface area contributed by atoms with Crippen molar-refractivity contribution in [3.8, 4) is 11.2 Å². The lowest BCUT2D eigenvalue weighted by atomic mass is 10.3. The molecule has 16 heavy (non-hydrogen) atoms. The molecule has 0 fully saturated rings. The fourth-order valence-corrected chi connectivity index (χ4v) is 2.12. The van der Waals surface area contributed by atoms with Crippen LogP contribution in [0.1, 0.15) is 0 Å². The SMILES string of the molecule is c1cnc(Oc2nc3ccccc3s2)nc1. The number of hydrogen-bond acceptors (Lipinski definition) is 5. The molecule has 0 bridgehead atoms. The summed E-state index contributed by atoms with van der Waals surface area (Å²) < 4.78 is 6.54. The molecule has 0 atom stereocenters. The highest BCUT2D eigenvalue weighted by Gasteiger charge is 2.05. The van der Waals surface area contributed by atoms with Crippen molar-refractivity contribution >= 4 is 21.6 Å². The number of thiazole rings is 1. The monoisotopic (exact) mass is 229 g/mol. The Balaban J connectivity index is 1.95. The van der Waals surface area contributed by atoms with Gasteiger partial charge in [0.1, 0.15) is 0 Å². The maximum atomic E-state index is 5.45. The van der Waals surface area contributed by atoms with E-state index in [0.29, 0.717) is 11.2 Å². The predicted molar refractivity (Wildman–Crippen MR) is 61.7 cm³/mol. The van der Waals surface area contributed by atoms with Crippen LogP contribution in [0.5, 0.6) is 11.2 Å². The summed E-state index contributed by atoms with van der Waals surface area (Å²) in [6.07, 6.45) is 3.27. The Hall–Kier alpha value is -2.01. The van der Waals surface area contributed by atoms with Crippen LogP contribution in [0.25, 0.3) is 10.2 Å². The van der Waals surface area contributed by atoms with E-state index in [1.165, 1.54) is 11.3 Å². The first-order valence-corrected chi connectivity index (χ1v) is 5.54. The summed E-state index contributed by atoms with van der Waals surface area (Å²) in [7, 11) is 0. The minimum absolute atomic E-state index is 0.321. The number of aromatic nitrogens is 3. The third-order valence-corrected chi connectivity index (χ3v) is 2.91. The molecule has 0 amide bonds. The van der Waals surface area contributed by atoms with Gasteiger partial charge < -0.3 is 4.74 Å². The number of ether oxygens (including phenoxy) is 1. The van der Waals surface area contributed by atoms with Crippen molar-refractivity contribution in [2.45, 2.75) is 0 Å². The topological polar surface area (TPSA) is 47.9 Å². The van der Waals surface area contributed by atoms with Gasteiger partial charge in [0.05, 0.1) is 10.2 Å². The normalized spacial score (nSPS) is 10.5. The van der Waals surface area contributed by atoms with Gasteiger partial charge in [-0.2, -0.15) is 0 Å². The first-order valence-electron chi connectivity index (χ1n) is 4.72. The molecule has 4 nitrogen and oxygen atoms in total. The van der Waals surface area contributed by atoms with Crippen LogP contribution in [0.3, 0.4) is 0 Å². The molecule has 3 rings (SSSR count). The molecule has 0 aliphatic heterocycles. The van der Waals surface area contributed by atoms with Crippen LogP contribution in [0.4, 0.5) is 0 Å². The van der Waals surface area contributed by atoms with Gasteiger partial charge in [0.2, 0.25) is 0 Å². The molecule has 0 saturated carbocycles.